The van der Waals surface area contributed by atoms with E-state index in [1.54, 1.807) is 0 Å². The Kier molecular flexibility index (Phi) is 4.13. The molecule has 0 radical (unpaired) electrons. The molecule has 0 bridgehead atoms. The van der Waals surface area contributed by atoms with Gasteiger partial charge in [-0.3, -0.25) is 4.21 Å². The van der Waals surface area contributed by atoms with E-state index in [2.05, 4.69) is 30.4 Å². The molecule has 2 rings (SSSR count). The third-order valence-corrected chi connectivity index (χ3v) is 4.07. The first-order valence-electron chi connectivity index (χ1n) is 5.88. The average molecular weight is 237 g/mol. The van der Waals surface area contributed by atoms with Gasteiger partial charge in [0.25, 0.3) is 0 Å². The van der Waals surface area contributed by atoms with E-state index in [0.29, 0.717) is 5.75 Å². The van der Waals surface area contributed by atoms with Gasteiger partial charge in [0.05, 0.1) is 0 Å². The lowest BCUT2D eigenvalue weighted by Crippen LogP contribution is -2.22. The molecule has 3 heteroatoms. The van der Waals surface area contributed by atoms with Crippen LogP contribution < -0.4 is 5.32 Å². The van der Waals surface area contributed by atoms with E-state index in [1.165, 1.54) is 24.0 Å². The van der Waals surface area contributed by atoms with Crippen LogP contribution in [0.25, 0.3) is 0 Å². The highest BCUT2D eigenvalue weighted by molar-refractivity contribution is 7.84. The van der Waals surface area contributed by atoms with E-state index in [9.17, 15) is 4.21 Å². The second-order valence-electron chi connectivity index (χ2n) is 4.51. The minimum absolute atomic E-state index is 0.689. The van der Waals surface area contributed by atoms with Crippen molar-refractivity contribution < 1.29 is 4.21 Å². The summed E-state index contributed by atoms with van der Waals surface area (Å²) >= 11 is 0. The van der Waals surface area contributed by atoms with Crippen molar-refractivity contribution in [3.8, 4) is 0 Å². The van der Waals surface area contributed by atoms with Crippen LogP contribution in [0.1, 0.15) is 24.0 Å². The van der Waals surface area contributed by atoms with Crippen molar-refractivity contribution in [1.82, 2.24) is 5.32 Å². The molecule has 1 N–H and O–H groups in total. The Morgan fingerprint density at radius 2 is 2.25 bits per heavy atom. The monoisotopic (exact) mass is 237 g/mol. The molecule has 0 amide bonds. The number of hydrogen-bond donors (Lipinski definition) is 1. The molecule has 1 saturated carbocycles. The summed E-state index contributed by atoms with van der Waals surface area (Å²) in [6, 6.07) is 8.99. The summed E-state index contributed by atoms with van der Waals surface area (Å²) in [5.41, 5.74) is 2.43. The molecule has 0 saturated heterocycles. The van der Waals surface area contributed by atoms with Crippen LogP contribution in [0.2, 0.25) is 0 Å². The number of rotatable bonds is 6. The molecular weight excluding hydrogens is 218 g/mol. The van der Waals surface area contributed by atoms with Crippen LogP contribution in [0.3, 0.4) is 0 Å². The van der Waals surface area contributed by atoms with Crippen LogP contribution in [0.4, 0.5) is 0 Å². The van der Waals surface area contributed by atoms with Gasteiger partial charge in [0.15, 0.2) is 0 Å². The van der Waals surface area contributed by atoms with Gasteiger partial charge in [-0.1, -0.05) is 29.8 Å². The average Bonchev–Trinajstić information content (AvgIpc) is 3.01. The fraction of sp³-hybridized carbons (Fsp3) is 0.538. The number of nitrogens with one attached hydrogen (secondary N) is 1. The predicted molar refractivity (Wildman–Crippen MR) is 68.9 cm³/mol. The van der Waals surface area contributed by atoms with Crippen molar-refractivity contribution in [2.24, 2.45) is 0 Å². The molecule has 16 heavy (non-hydrogen) atoms. The molecule has 1 aromatic carbocycles. The molecule has 1 aliphatic rings. The van der Waals surface area contributed by atoms with E-state index in [1.807, 2.05) is 6.07 Å². The van der Waals surface area contributed by atoms with E-state index < -0.39 is 10.8 Å². The second-order valence-corrected chi connectivity index (χ2v) is 6.08. The van der Waals surface area contributed by atoms with Gasteiger partial charge in [-0.25, -0.2) is 0 Å². The lowest BCUT2D eigenvalue weighted by Gasteiger charge is -2.04. The van der Waals surface area contributed by atoms with Gasteiger partial charge >= 0.3 is 0 Å². The Labute approximate surface area is 99.9 Å². The van der Waals surface area contributed by atoms with Gasteiger partial charge in [0, 0.05) is 34.9 Å². The first kappa shape index (κ1) is 11.8. The summed E-state index contributed by atoms with van der Waals surface area (Å²) in [6.45, 7) is 2.96. The Bertz CT molecular complexity index is 374. The molecule has 2 nitrogen and oxygen atoms in total. The highest BCUT2D eigenvalue weighted by Gasteiger charge is 2.19. The second kappa shape index (κ2) is 5.60. The van der Waals surface area contributed by atoms with Gasteiger partial charge in [-0.15, -0.1) is 0 Å². The summed E-state index contributed by atoms with van der Waals surface area (Å²) < 4.78 is 11.8. The number of hydrogen-bond acceptors (Lipinski definition) is 2. The number of aryl methyl sites for hydroxylation is 1. The minimum Gasteiger partial charge on any atom is -0.313 e. The van der Waals surface area contributed by atoms with Gasteiger partial charge < -0.3 is 5.32 Å². The zero-order valence-corrected chi connectivity index (χ0v) is 10.6. The van der Waals surface area contributed by atoms with Crippen LogP contribution in [-0.4, -0.2) is 22.5 Å². The van der Waals surface area contributed by atoms with Gasteiger partial charge in [0.2, 0.25) is 0 Å². The van der Waals surface area contributed by atoms with Gasteiger partial charge in [-0.05, 0) is 25.3 Å². The quantitative estimate of drug-likeness (QED) is 0.820. The van der Waals surface area contributed by atoms with Crippen LogP contribution in [-0.2, 0) is 16.6 Å². The maximum absolute atomic E-state index is 11.8. The van der Waals surface area contributed by atoms with Gasteiger partial charge in [0.1, 0.15) is 0 Å². The van der Waals surface area contributed by atoms with Crippen molar-refractivity contribution in [2.75, 3.05) is 12.3 Å². The molecule has 0 spiro atoms. The molecule has 1 aromatic rings. The van der Waals surface area contributed by atoms with Crippen LogP contribution in [0, 0.1) is 6.92 Å². The molecule has 1 unspecified atom stereocenters. The zero-order valence-electron chi connectivity index (χ0n) is 9.74. The third kappa shape index (κ3) is 4.06. The van der Waals surface area contributed by atoms with Crippen molar-refractivity contribution >= 4 is 10.8 Å². The molecule has 0 aromatic heterocycles. The Morgan fingerprint density at radius 1 is 1.44 bits per heavy atom. The molecular formula is C13H19NOS. The predicted octanol–water partition coefficient (Wildman–Crippen LogP) is 2.00. The number of benzene rings is 1. The molecule has 0 aliphatic heterocycles. The standard InChI is InChI=1S/C13H19NOS/c1-11-3-2-4-12(9-11)10-16(15)8-7-14-13-5-6-13/h2-4,9,13-14H,5-8,10H2,1H3. The van der Waals surface area contributed by atoms with Crippen LogP contribution in [0.5, 0.6) is 0 Å². The maximum atomic E-state index is 11.8. The first-order valence-corrected chi connectivity index (χ1v) is 7.37. The third-order valence-electron chi connectivity index (χ3n) is 2.75. The van der Waals surface area contributed by atoms with Gasteiger partial charge in [-0.2, -0.15) is 0 Å². The Morgan fingerprint density at radius 3 is 2.94 bits per heavy atom. The summed E-state index contributed by atoms with van der Waals surface area (Å²) in [5, 5.41) is 3.39. The van der Waals surface area contributed by atoms with Crippen molar-refractivity contribution in [1.29, 1.82) is 0 Å². The summed E-state index contributed by atoms with van der Waals surface area (Å²) in [7, 11) is -0.730. The summed E-state index contributed by atoms with van der Waals surface area (Å²) in [4.78, 5) is 0. The zero-order chi connectivity index (χ0) is 11.4. The first-order chi connectivity index (χ1) is 7.74. The molecule has 1 aliphatic carbocycles. The lowest BCUT2D eigenvalue weighted by molar-refractivity contribution is 0.672. The molecule has 0 heterocycles. The largest absolute Gasteiger partial charge is 0.313 e. The molecule has 88 valence electrons. The summed E-state index contributed by atoms with van der Waals surface area (Å²) in [5.74, 6) is 1.46. The van der Waals surface area contributed by atoms with E-state index in [0.717, 1.165) is 18.3 Å². The van der Waals surface area contributed by atoms with E-state index in [4.69, 9.17) is 0 Å². The smallest absolute Gasteiger partial charge is 0.0486 e. The summed E-state index contributed by atoms with van der Waals surface area (Å²) in [6.07, 6.45) is 2.59. The lowest BCUT2D eigenvalue weighted by atomic mass is 10.2. The molecule has 1 atom stereocenters. The highest BCUT2D eigenvalue weighted by Crippen LogP contribution is 2.18. The Hall–Kier alpha value is -0.670. The highest BCUT2D eigenvalue weighted by atomic mass is 32.2. The van der Waals surface area contributed by atoms with Crippen molar-refractivity contribution in [3.05, 3.63) is 35.4 Å². The van der Waals surface area contributed by atoms with Crippen LogP contribution >= 0.6 is 0 Å². The Balaban J connectivity index is 1.73. The maximum Gasteiger partial charge on any atom is 0.0486 e. The fourth-order valence-corrected chi connectivity index (χ4v) is 2.77. The minimum atomic E-state index is -0.730. The molecule has 1 fully saturated rings. The fourth-order valence-electron chi connectivity index (χ4n) is 1.72. The SMILES string of the molecule is Cc1cccc(CS(=O)CCNC2CC2)c1. The topological polar surface area (TPSA) is 29.1 Å². The van der Waals surface area contributed by atoms with Crippen LogP contribution in [0.15, 0.2) is 24.3 Å². The van der Waals surface area contributed by atoms with E-state index in [-0.39, 0.29) is 0 Å². The van der Waals surface area contributed by atoms with Crippen molar-refractivity contribution in [3.63, 3.8) is 0 Å². The van der Waals surface area contributed by atoms with E-state index >= 15 is 0 Å². The van der Waals surface area contributed by atoms with Crippen molar-refractivity contribution in [2.45, 2.75) is 31.6 Å². The normalized spacial score (nSPS) is 17.3.